The number of hydrogen-bond donors (Lipinski definition) is 1. The first-order chi connectivity index (χ1) is 7.58. The van der Waals surface area contributed by atoms with E-state index in [2.05, 4.69) is 10.3 Å². The third-order valence-corrected chi connectivity index (χ3v) is 4.49. The van der Waals surface area contributed by atoms with Crippen LogP contribution in [0.3, 0.4) is 0 Å². The van der Waals surface area contributed by atoms with Gasteiger partial charge >= 0.3 is 0 Å². The summed E-state index contributed by atoms with van der Waals surface area (Å²) in [6, 6.07) is 3.52. The SMILES string of the molecule is Cc1ccnc(S(=O)(=O)C[C@@H]2CCCN2)c1. The summed E-state index contributed by atoms with van der Waals surface area (Å²) in [5, 5.41) is 3.39. The van der Waals surface area contributed by atoms with Crippen LogP contribution in [0.25, 0.3) is 0 Å². The van der Waals surface area contributed by atoms with Crippen molar-refractivity contribution in [3.63, 3.8) is 0 Å². The van der Waals surface area contributed by atoms with Crippen LogP contribution in [0.4, 0.5) is 0 Å². The van der Waals surface area contributed by atoms with Gasteiger partial charge in [-0.2, -0.15) is 0 Å². The van der Waals surface area contributed by atoms with Crippen molar-refractivity contribution in [1.82, 2.24) is 10.3 Å². The van der Waals surface area contributed by atoms with Crippen molar-refractivity contribution in [2.24, 2.45) is 0 Å². The summed E-state index contributed by atoms with van der Waals surface area (Å²) in [6.45, 7) is 2.79. The highest BCUT2D eigenvalue weighted by Crippen LogP contribution is 2.14. The highest BCUT2D eigenvalue weighted by atomic mass is 32.2. The third-order valence-electron chi connectivity index (χ3n) is 2.79. The largest absolute Gasteiger partial charge is 0.313 e. The van der Waals surface area contributed by atoms with E-state index in [1.165, 1.54) is 0 Å². The average molecular weight is 240 g/mol. The molecule has 4 nitrogen and oxygen atoms in total. The van der Waals surface area contributed by atoms with Crippen molar-refractivity contribution in [1.29, 1.82) is 0 Å². The molecule has 0 aliphatic carbocycles. The topological polar surface area (TPSA) is 59.1 Å². The number of nitrogens with one attached hydrogen (secondary N) is 1. The van der Waals surface area contributed by atoms with Gasteiger partial charge in [0.2, 0.25) is 0 Å². The predicted molar refractivity (Wildman–Crippen MR) is 62.1 cm³/mol. The summed E-state index contributed by atoms with van der Waals surface area (Å²) in [5.74, 6) is 0.156. The van der Waals surface area contributed by atoms with Gasteiger partial charge in [0, 0.05) is 12.2 Å². The summed E-state index contributed by atoms with van der Waals surface area (Å²) < 4.78 is 24.1. The van der Waals surface area contributed by atoms with Crippen LogP contribution in [0, 0.1) is 6.92 Å². The minimum atomic E-state index is -3.24. The standard InChI is InChI=1S/C11H16N2O2S/c1-9-4-6-13-11(7-9)16(14,15)8-10-3-2-5-12-10/h4,6-7,10,12H,2-3,5,8H2,1H3/t10-/m0/s1. The zero-order valence-electron chi connectivity index (χ0n) is 9.31. The maximum Gasteiger partial charge on any atom is 0.197 e. The van der Waals surface area contributed by atoms with E-state index in [-0.39, 0.29) is 16.8 Å². The molecule has 1 aromatic rings. The molecule has 16 heavy (non-hydrogen) atoms. The predicted octanol–water partition coefficient (Wildman–Crippen LogP) is 0.916. The van der Waals surface area contributed by atoms with Gasteiger partial charge in [-0.3, -0.25) is 0 Å². The molecule has 0 radical (unpaired) electrons. The lowest BCUT2D eigenvalue weighted by Crippen LogP contribution is -2.30. The molecule has 2 rings (SSSR count). The Labute approximate surface area is 96.0 Å². The Bertz CT molecular complexity index is 465. The maximum absolute atomic E-state index is 12.0. The second-order valence-electron chi connectivity index (χ2n) is 4.25. The first-order valence-electron chi connectivity index (χ1n) is 5.47. The van der Waals surface area contributed by atoms with E-state index in [1.807, 2.05) is 6.92 Å². The lowest BCUT2D eigenvalue weighted by atomic mass is 10.3. The van der Waals surface area contributed by atoms with Crippen LogP contribution in [0.5, 0.6) is 0 Å². The summed E-state index contributed by atoms with van der Waals surface area (Å²) in [4.78, 5) is 3.94. The molecule has 0 spiro atoms. The number of aryl methyl sites for hydroxylation is 1. The second kappa shape index (κ2) is 4.51. The zero-order chi connectivity index (χ0) is 11.6. The molecule has 2 heterocycles. The van der Waals surface area contributed by atoms with Crippen molar-refractivity contribution in [2.45, 2.75) is 30.8 Å². The van der Waals surface area contributed by atoms with E-state index in [1.54, 1.807) is 18.3 Å². The Hall–Kier alpha value is -0.940. The van der Waals surface area contributed by atoms with Gasteiger partial charge in [-0.15, -0.1) is 0 Å². The Morgan fingerprint density at radius 3 is 3.00 bits per heavy atom. The fraction of sp³-hybridized carbons (Fsp3) is 0.545. The first kappa shape index (κ1) is 11.5. The summed E-state index contributed by atoms with van der Waals surface area (Å²) >= 11 is 0. The Morgan fingerprint density at radius 1 is 1.56 bits per heavy atom. The third kappa shape index (κ3) is 2.59. The number of rotatable bonds is 3. The van der Waals surface area contributed by atoms with Gasteiger partial charge in [-0.1, -0.05) is 0 Å². The van der Waals surface area contributed by atoms with E-state index in [0.29, 0.717) is 0 Å². The lowest BCUT2D eigenvalue weighted by molar-refractivity contribution is 0.573. The quantitative estimate of drug-likeness (QED) is 0.853. The minimum absolute atomic E-state index is 0.0901. The molecule has 1 aliphatic heterocycles. The highest BCUT2D eigenvalue weighted by molar-refractivity contribution is 7.91. The van der Waals surface area contributed by atoms with Crippen LogP contribution in [0.2, 0.25) is 0 Å². The van der Waals surface area contributed by atoms with Crippen molar-refractivity contribution in [3.05, 3.63) is 23.9 Å². The van der Waals surface area contributed by atoms with Crippen LogP contribution in [0.1, 0.15) is 18.4 Å². The smallest absolute Gasteiger partial charge is 0.197 e. The van der Waals surface area contributed by atoms with Gasteiger partial charge in [0.1, 0.15) is 0 Å². The molecule has 1 fully saturated rings. The van der Waals surface area contributed by atoms with E-state index in [9.17, 15) is 8.42 Å². The van der Waals surface area contributed by atoms with Crippen LogP contribution >= 0.6 is 0 Å². The number of aromatic nitrogens is 1. The molecule has 0 bridgehead atoms. The number of sulfone groups is 1. The van der Waals surface area contributed by atoms with Crippen LogP contribution in [-0.2, 0) is 9.84 Å². The van der Waals surface area contributed by atoms with Gasteiger partial charge < -0.3 is 5.32 Å². The number of nitrogens with zero attached hydrogens (tertiary/aromatic N) is 1. The van der Waals surface area contributed by atoms with E-state index in [0.717, 1.165) is 24.9 Å². The fourth-order valence-electron chi connectivity index (χ4n) is 1.93. The second-order valence-corrected chi connectivity index (χ2v) is 6.23. The zero-order valence-corrected chi connectivity index (χ0v) is 10.1. The Morgan fingerprint density at radius 2 is 2.38 bits per heavy atom. The van der Waals surface area contributed by atoms with E-state index < -0.39 is 9.84 Å². The molecule has 1 aromatic heterocycles. The maximum atomic E-state index is 12.0. The first-order valence-corrected chi connectivity index (χ1v) is 7.12. The van der Waals surface area contributed by atoms with Gasteiger partial charge in [-0.25, -0.2) is 13.4 Å². The van der Waals surface area contributed by atoms with Crippen molar-refractivity contribution < 1.29 is 8.42 Å². The minimum Gasteiger partial charge on any atom is -0.313 e. The fourth-order valence-corrected chi connectivity index (χ4v) is 3.50. The lowest BCUT2D eigenvalue weighted by Gasteiger charge is -2.10. The molecule has 1 saturated heterocycles. The Balaban J connectivity index is 2.18. The van der Waals surface area contributed by atoms with Gasteiger partial charge in [0.15, 0.2) is 14.9 Å². The molecule has 0 aromatic carbocycles. The molecule has 0 saturated carbocycles. The van der Waals surface area contributed by atoms with E-state index >= 15 is 0 Å². The van der Waals surface area contributed by atoms with Gasteiger partial charge in [0.05, 0.1) is 5.75 Å². The Kier molecular flexibility index (Phi) is 3.25. The van der Waals surface area contributed by atoms with Crippen LogP contribution in [-0.4, -0.2) is 31.7 Å². The molecule has 1 N–H and O–H groups in total. The highest BCUT2D eigenvalue weighted by Gasteiger charge is 2.24. The average Bonchev–Trinajstić information content (AvgIpc) is 2.70. The normalized spacial score (nSPS) is 21.2. The van der Waals surface area contributed by atoms with E-state index in [4.69, 9.17) is 0 Å². The number of pyridine rings is 1. The summed E-state index contributed by atoms with van der Waals surface area (Å²) in [5.41, 5.74) is 0.924. The van der Waals surface area contributed by atoms with Gasteiger partial charge in [0.25, 0.3) is 0 Å². The molecular formula is C11H16N2O2S. The van der Waals surface area contributed by atoms with Crippen LogP contribution in [0.15, 0.2) is 23.4 Å². The van der Waals surface area contributed by atoms with Gasteiger partial charge in [-0.05, 0) is 44.0 Å². The molecule has 1 atom stereocenters. The summed E-state index contributed by atoms with van der Waals surface area (Å²) in [6.07, 6.45) is 3.54. The number of hydrogen-bond acceptors (Lipinski definition) is 4. The van der Waals surface area contributed by atoms with Crippen molar-refractivity contribution in [2.75, 3.05) is 12.3 Å². The molecule has 0 amide bonds. The summed E-state index contributed by atoms with van der Waals surface area (Å²) in [7, 11) is -3.24. The van der Waals surface area contributed by atoms with Crippen molar-refractivity contribution >= 4 is 9.84 Å². The molecule has 1 aliphatic rings. The molecule has 0 unspecified atom stereocenters. The van der Waals surface area contributed by atoms with Crippen molar-refractivity contribution in [3.8, 4) is 0 Å². The molecule has 5 heteroatoms. The monoisotopic (exact) mass is 240 g/mol. The van der Waals surface area contributed by atoms with Crippen LogP contribution < -0.4 is 5.32 Å². The molecular weight excluding hydrogens is 224 g/mol. The molecule has 88 valence electrons.